The molecule has 2 aromatic rings. The van der Waals surface area contributed by atoms with Crippen LogP contribution in [0.25, 0.3) is 10.9 Å². The number of hydrogen-bond acceptors (Lipinski definition) is 2. The Morgan fingerprint density at radius 1 is 1.33 bits per heavy atom. The molecule has 1 aliphatic carbocycles. The second kappa shape index (κ2) is 5.41. The smallest absolute Gasteiger partial charge is 0.319 e. The SMILES string of the molecule is Cc1cc2cc(NC(=O)NCC3(O)CCCC3)ccc2[nH]1. The van der Waals surface area contributed by atoms with Gasteiger partial charge < -0.3 is 20.7 Å². The van der Waals surface area contributed by atoms with Crippen molar-refractivity contribution in [1.82, 2.24) is 10.3 Å². The molecule has 1 aromatic heterocycles. The Hall–Kier alpha value is -2.01. The molecular formula is C16H21N3O2. The van der Waals surface area contributed by atoms with Gasteiger partial charge in [0.25, 0.3) is 0 Å². The van der Waals surface area contributed by atoms with Crippen molar-refractivity contribution in [3.05, 3.63) is 30.0 Å². The zero-order chi connectivity index (χ0) is 14.9. The topological polar surface area (TPSA) is 77.2 Å². The number of carbonyl (C=O) groups excluding carboxylic acids is 1. The number of nitrogens with one attached hydrogen (secondary N) is 3. The molecular weight excluding hydrogens is 266 g/mol. The van der Waals surface area contributed by atoms with E-state index in [4.69, 9.17) is 0 Å². The van der Waals surface area contributed by atoms with Crippen LogP contribution in [0.15, 0.2) is 24.3 Å². The van der Waals surface area contributed by atoms with Gasteiger partial charge in [0, 0.05) is 28.8 Å². The molecule has 3 rings (SSSR count). The quantitative estimate of drug-likeness (QED) is 0.700. The summed E-state index contributed by atoms with van der Waals surface area (Å²) < 4.78 is 0. The van der Waals surface area contributed by atoms with E-state index in [-0.39, 0.29) is 6.03 Å². The predicted octanol–water partition coefficient (Wildman–Crippen LogP) is 2.90. The van der Waals surface area contributed by atoms with E-state index in [0.29, 0.717) is 6.54 Å². The molecule has 0 bridgehead atoms. The van der Waals surface area contributed by atoms with Crippen LogP contribution in [0.4, 0.5) is 10.5 Å². The van der Waals surface area contributed by atoms with Gasteiger partial charge >= 0.3 is 6.03 Å². The lowest BCUT2D eigenvalue weighted by atomic mass is 10.0. The summed E-state index contributed by atoms with van der Waals surface area (Å²) in [5, 5.41) is 16.8. The number of aromatic amines is 1. The standard InChI is InChI=1S/C16H21N3O2/c1-11-8-12-9-13(4-5-14(12)18-11)19-15(20)17-10-16(21)6-2-3-7-16/h4-5,8-9,18,21H,2-3,6-7,10H2,1H3,(H2,17,19,20). The molecule has 0 radical (unpaired) electrons. The number of amides is 2. The Morgan fingerprint density at radius 3 is 2.86 bits per heavy atom. The maximum Gasteiger partial charge on any atom is 0.319 e. The van der Waals surface area contributed by atoms with Crippen molar-refractivity contribution >= 4 is 22.6 Å². The fraction of sp³-hybridized carbons (Fsp3) is 0.438. The second-order valence-corrected chi connectivity index (χ2v) is 5.99. The fourth-order valence-corrected chi connectivity index (χ4v) is 2.99. The van der Waals surface area contributed by atoms with Crippen LogP contribution >= 0.6 is 0 Å². The highest BCUT2D eigenvalue weighted by Gasteiger charge is 2.31. The molecule has 5 nitrogen and oxygen atoms in total. The summed E-state index contributed by atoms with van der Waals surface area (Å²) in [7, 11) is 0. The molecule has 0 atom stereocenters. The molecule has 2 amide bonds. The number of aromatic nitrogens is 1. The van der Waals surface area contributed by atoms with Gasteiger partial charge in [-0.2, -0.15) is 0 Å². The van der Waals surface area contributed by atoms with Gasteiger partial charge in [-0.1, -0.05) is 12.8 Å². The lowest BCUT2D eigenvalue weighted by molar-refractivity contribution is 0.0506. The number of rotatable bonds is 3. The molecule has 0 saturated heterocycles. The number of fused-ring (bicyclic) bond motifs is 1. The Bertz CT molecular complexity index is 657. The molecule has 112 valence electrons. The molecule has 0 unspecified atom stereocenters. The molecule has 1 fully saturated rings. The van der Waals surface area contributed by atoms with Crippen molar-refractivity contribution in [2.45, 2.75) is 38.2 Å². The molecule has 1 saturated carbocycles. The summed E-state index contributed by atoms with van der Waals surface area (Å²) in [6.07, 6.45) is 3.59. The van der Waals surface area contributed by atoms with Gasteiger partial charge in [0.2, 0.25) is 0 Å². The lowest BCUT2D eigenvalue weighted by Gasteiger charge is -2.22. The molecule has 1 aromatic carbocycles. The molecule has 1 heterocycles. The van der Waals surface area contributed by atoms with E-state index in [2.05, 4.69) is 15.6 Å². The lowest BCUT2D eigenvalue weighted by Crippen LogP contribution is -2.42. The summed E-state index contributed by atoms with van der Waals surface area (Å²) in [6, 6.07) is 7.51. The van der Waals surface area contributed by atoms with Gasteiger partial charge in [-0.05, 0) is 44.0 Å². The summed E-state index contributed by atoms with van der Waals surface area (Å²) in [6.45, 7) is 2.31. The highest BCUT2D eigenvalue weighted by atomic mass is 16.3. The van der Waals surface area contributed by atoms with E-state index in [1.807, 2.05) is 31.2 Å². The van der Waals surface area contributed by atoms with Crippen LogP contribution in [-0.2, 0) is 0 Å². The maximum absolute atomic E-state index is 11.9. The van der Waals surface area contributed by atoms with E-state index in [9.17, 15) is 9.90 Å². The van der Waals surface area contributed by atoms with Crippen molar-refractivity contribution in [3.63, 3.8) is 0 Å². The maximum atomic E-state index is 11.9. The number of hydrogen-bond donors (Lipinski definition) is 4. The first-order chi connectivity index (χ1) is 10.0. The number of aliphatic hydroxyl groups is 1. The zero-order valence-electron chi connectivity index (χ0n) is 12.2. The van der Waals surface area contributed by atoms with Crippen LogP contribution in [0.5, 0.6) is 0 Å². The summed E-state index contributed by atoms with van der Waals surface area (Å²) in [4.78, 5) is 15.2. The molecule has 0 aliphatic heterocycles. The van der Waals surface area contributed by atoms with Crippen molar-refractivity contribution in [3.8, 4) is 0 Å². The van der Waals surface area contributed by atoms with Gasteiger partial charge in [0.15, 0.2) is 0 Å². The normalized spacial score (nSPS) is 17.0. The van der Waals surface area contributed by atoms with Gasteiger partial charge in [-0.15, -0.1) is 0 Å². The van der Waals surface area contributed by atoms with E-state index < -0.39 is 5.60 Å². The summed E-state index contributed by atoms with van der Waals surface area (Å²) >= 11 is 0. The largest absolute Gasteiger partial charge is 0.388 e. The average molecular weight is 287 g/mol. The minimum absolute atomic E-state index is 0.276. The monoisotopic (exact) mass is 287 g/mol. The van der Waals surface area contributed by atoms with Crippen LogP contribution in [0.1, 0.15) is 31.4 Å². The van der Waals surface area contributed by atoms with E-state index >= 15 is 0 Å². The van der Waals surface area contributed by atoms with Crippen molar-refractivity contribution in [2.24, 2.45) is 0 Å². The van der Waals surface area contributed by atoms with Crippen LogP contribution in [0, 0.1) is 6.92 Å². The second-order valence-electron chi connectivity index (χ2n) is 5.99. The molecule has 1 aliphatic rings. The third kappa shape index (κ3) is 3.19. The first-order valence-corrected chi connectivity index (χ1v) is 7.41. The van der Waals surface area contributed by atoms with E-state index in [0.717, 1.165) is 48.0 Å². The van der Waals surface area contributed by atoms with Gasteiger partial charge in [-0.25, -0.2) is 4.79 Å². The molecule has 4 N–H and O–H groups in total. The number of H-pyrrole nitrogens is 1. The first kappa shape index (κ1) is 13.9. The van der Waals surface area contributed by atoms with Crippen LogP contribution in [-0.4, -0.2) is 28.3 Å². The Morgan fingerprint density at radius 2 is 2.10 bits per heavy atom. The van der Waals surface area contributed by atoms with Crippen LogP contribution in [0.3, 0.4) is 0 Å². The van der Waals surface area contributed by atoms with Crippen molar-refractivity contribution in [1.29, 1.82) is 0 Å². The summed E-state index contributed by atoms with van der Waals surface area (Å²) in [5.74, 6) is 0. The summed E-state index contributed by atoms with van der Waals surface area (Å²) in [5.41, 5.74) is 2.17. The third-order valence-corrected chi connectivity index (χ3v) is 4.13. The van der Waals surface area contributed by atoms with Crippen LogP contribution < -0.4 is 10.6 Å². The zero-order valence-corrected chi connectivity index (χ0v) is 12.2. The number of aryl methyl sites for hydroxylation is 1. The number of urea groups is 1. The van der Waals surface area contributed by atoms with Gasteiger partial charge in [0.05, 0.1) is 5.60 Å². The average Bonchev–Trinajstić information content (AvgIpc) is 3.02. The van der Waals surface area contributed by atoms with Crippen molar-refractivity contribution < 1.29 is 9.90 Å². The van der Waals surface area contributed by atoms with E-state index in [1.165, 1.54) is 0 Å². The Kier molecular flexibility index (Phi) is 3.59. The van der Waals surface area contributed by atoms with Crippen LogP contribution in [0.2, 0.25) is 0 Å². The first-order valence-electron chi connectivity index (χ1n) is 7.41. The Balaban J connectivity index is 1.60. The minimum Gasteiger partial charge on any atom is -0.388 e. The predicted molar refractivity (Wildman–Crippen MR) is 83.5 cm³/mol. The van der Waals surface area contributed by atoms with Crippen molar-refractivity contribution in [2.75, 3.05) is 11.9 Å². The molecule has 21 heavy (non-hydrogen) atoms. The highest BCUT2D eigenvalue weighted by Crippen LogP contribution is 2.28. The number of benzene rings is 1. The minimum atomic E-state index is -0.723. The Labute approximate surface area is 123 Å². The number of carbonyl (C=O) groups is 1. The van der Waals surface area contributed by atoms with Gasteiger partial charge in [0.1, 0.15) is 0 Å². The fourth-order valence-electron chi connectivity index (χ4n) is 2.99. The van der Waals surface area contributed by atoms with Gasteiger partial charge in [-0.3, -0.25) is 0 Å². The third-order valence-electron chi connectivity index (χ3n) is 4.13. The van der Waals surface area contributed by atoms with E-state index in [1.54, 1.807) is 0 Å². The molecule has 5 heteroatoms. The number of anilines is 1. The highest BCUT2D eigenvalue weighted by molar-refractivity contribution is 5.93. The molecule has 0 spiro atoms.